The summed E-state index contributed by atoms with van der Waals surface area (Å²) in [6, 6.07) is 7.68. The van der Waals surface area contributed by atoms with Crippen LogP contribution in [0.15, 0.2) is 46.9 Å². The van der Waals surface area contributed by atoms with E-state index in [0.717, 1.165) is 24.3 Å². The number of carboxylic acid groups (broad SMARTS) is 1. The highest BCUT2D eigenvalue weighted by atomic mass is 79.9. The van der Waals surface area contributed by atoms with Gasteiger partial charge in [-0.2, -0.15) is 0 Å². The predicted molar refractivity (Wildman–Crippen MR) is 77.2 cm³/mol. The van der Waals surface area contributed by atoms with Gasteiger partial charge in [0.05, 0.1) is 0 Å². The lowest BCUT2D eigenvalue weighted by molar-refractivity contribution is -0.131. The van der Waals surface area contributed by atoms with Crippen LogP contribution in [-0.4, -0.2) is 11.1 Å². The quantitative estimate of drug-likeness (QED) is 0.815. The number of rotatable bonds is 4. The summed E-state index contributed by atoms with van der Waals surface area (Å²) in [6.45, 7) is 0. The van der Waals surface area contributed by atoms with Gasteiger partial charge in [0.25, 0.3) is 0 Å². The van der Waals surface area contributed by atoms with Crippen LogP contribution in [0.2, 0.25) is 0 Å². The molecule has 108 valence electrons. The number of carboxylic acids is 1. The maximum absolute atomic E-state index is 13.5. The predicted octanol–water partition coefficient (Wildman–Crippen LogP) is 4.62. The Kier molecular flexibility index (Phi) is 4.70. The molecule has 0 aromatic heterocycles. The van der Waals surface area contributed by atoms with Crippen molar-refractivity contribution in [3.05, 3.63) is 64.1 Å². The highest BCUT2D eigenvalue weighted by molar-refractivity contribution is 9.10. The van der Waals surface area contributed by atoms with Crippen LogP contribution in [0.1, 0.15) is 5.56 Å². The maximum Gasteiger partial charge on any atom is 0.328 e. The number of ether oxygens (including phenoxy) is 1. The summed E-state index contributed by atoms with van der Waals surface area (Å²) in [4.78, 5) is 10.4. The molecule has 0 atom stereocenters. The van der Waals surface area contributed by atoms with Crippen molar-refractivity contribution in [2.75, 3.05) is 0 Å². The van der Waals surface area contributed by atoms with Crippen LogP contribution < -0.4 is 4.74 Å². The minimum absolute atomic E-state index is 0.137. The van der Waals surface area contributed by atoms with Gasteiger partial charge in [-0.1, -0.05) is 15.9 Å². The van der Waals surface area contributed by atoms with Gasteiger partial charge in [0.2, 0.25) is 0 Å². The SMILES string of the molecule is O=C(O)/C=C/c1cc(F)cc(Oc2cc(F)cc(Br)c2)c1. The van der Waals surface area contributed by atoms with E-state index in [1.165, 1.54) is 24.3 Å². The Morgan fingerprint density at radius 2 is 1.67 bits per heavy atom. The summed E-state index contributed by atoms with van der Waals surface area (Å²) in [5.41, 5.74) is 0.322. The van der Waals surface area contributed by atoms with Gasteiger partial charge in [-0.15, -0.1) is 0 Å². The van der Waals surface area contributed by atoms with E-state index in [4.69, 9.17) is 9.84 Å². The maximum atomic E-state index is 13.5. The van der Waals surface area contributed by atoms with Crippen molar-refractivity contribution in [1.82, 2.24) is 0 Å². The minimum Gasteiger partial charge on any atom is -0.478 e. The molecule has 0 radical (unpaired) electrons. The smallest absolute Gasteiger partial charge is 0.328 e. The van der Waals surface area contributed by atoms with Gasteiger partial charge in [0, 0.05) is 22.7 Å². The summed E-state index contributed by atoms with van der Waals surface area (Å²) in [7, 11) is 0. The van der Waals surface area contributed by atoms with Crippen LogP contribution in [0, 0.1) is 11.6 Å². The highest BCUT2D eigenvalue weighted by Gasteiger charge is 2.05. The Labute approximate surface area is 127 Å². The highest BCUT2D eigenvalue weighted by Crippen LogP contribution is 2.27. The molecule has 0 saturated carbocycles. The molecule has 0 aliphatic heterocycles. The second kappa shape index (κ2) is 6.49. The molecule has 0 fully saturated rings. The third-order valence-corrected chi connectivity index (χ3v) is 2.84. The second-order valence-electron chi connectivity index (χ2n) is 4.10. The largest absolute Gasteiger partial charge is 0.478 e. The minimum atomic E-state index is -1.14. The Bertz CT molecular complexity index is 694. The summed E-state index contributed by atoms with van der Waals surface area (Å²) in [5.74, 6) is -1.90. The van der Waals surface area contributed by atoms with E-state index in [1.54, 1.807) is 0 Å². The first-order valence-electron chi connectivity index (χ1n) is 5.78. The normalized spacial score (nSPS) is 10.8. The fraction of sp³-hybridized carbons (Fsp3) is 0. The first-order chi connectivity index (χ1) is 9.92. The van der Waals surface area contributed by atoms with Crippen LogP contribution in [0.4, 0.5) is 8.78 Å². The van der Waals surface area contributed by atoms with Crippen molar-refractivity contribution < 1.29 is 23.4 Å². The molecule has 0 spiro atoms. The zero-order valence-electron chi connectivity index (χ0n) is 10.5. The molecule has 1 N–H and O–H groups in total. The van der Waals surface area contributed by atoms with E-state index in [0.29, 0.717) is 10.0 Å². The van der Waals surface area contributed by atoms with E-state index in [2.05, 4.69) is 15.9 Å². The first kappa shape index (κ1) is 15.2. The molecule has 0 heterocycles. The fourth-order valence-electron chi connectivity index (χ4n) is 1.63. The lowest BCUT2D eigenvalue weighted by atomic mass is 10.2. The number of halogens is 3. The van der Waals surface area contributed by atoms with E-state index >= 15 is 0 Å². The summed E-state index contributed by atoms with van der Waals surface area (Å²) < 4.78 is 32.6. The molecule has 2 aromatic rings. The number of hydrogen-bond acceptors (Lipinski definition) is 2. The van der Waals surface area contributed by atoms with Crippen molar-refractivity contribution in [1.29, 1.82) is 0 Å². The molecule has 0 aliphatic carbocycles. The van der Waals surface area contributed by atoms with Gasteiger partial charge < -0.3 is 9.84 Å². The average Bonchev–Trinajstić information content (AvgIpc) is 2.34. The van der Waals surface area contributed by atoms with Crippen molar-refractivity contribution in [2.45, 2.75) is 0 Å². The zero-order chi connectivity index (χ0) is 15.4. The van der Waals surface area contributed by atoms with Crippen LogP contribution in [-0.2, 0) is 4.79 Å². The van der Waals surface area contributed by atoms with Crippen LogP contribution in [0.25, 0.3) is 6.08 Å². The van der Waals surface area contributed by atoms with Crippen molar-refractivity contribution in [3.63, 3.8) is 0 Å². The summed E-state index contributed by atoms with van der Waals surface area (Å²) >= 11 is 3.13. The number of hydrogen-bond donors (Lipinski definition) is 1. The molecule has 3 nitrogen and oxygen atoms in total. The lowest BCUT2D eigenvalue weighted by Gasteiger charge is -2.07. The fourth-order valence-corrected chi connectivity index (χ4v) is 2.07. The second-order valence-corrected chi connectivity index (χ2v) is 5.01. The molecule has 2 rings (SSSR count). The molecule has 21 heavy (non-hydrogen) atoms. The van der Waals surface area contributed by atoms with E-state index < -0.39 is 17.6 Å². The first-order valence-corrected chi connectivity index (χ1v) is 6.57. The van der Waals surface area contributed by atoms with Gasteiger partial charge in [0.15, 0.2) is 0 Å². The van der Waals surface area contributed by atoms with Gasteiger partial charge in [-0.25, -0.2) is 13.6 Å². The Morgan fingerprint density at radius 3 is 2.29 bits per heavy atom. The summed E-state index contributed by atoms with van der Waals surface area (Å²) in [6.07, 6.45) is 2.12. The molecule has 0 saturated heterocycles. The van der Waals surface area contributed by atoms with Gasteiger partial charge in [-0.3, -0.25) is 0 Å². The number of aliphatic carboxylic acids is 1. The standard InChI is InChI=1S/C15H9BrF2O3/c16-10-5-12(18)8-14(6-10)21-13-4-9(1-2-15(19)20)3-11(17)7-13/h1-8H,(H,19,20)/b2-1+. The van der Waals surface area contributed by atoms with E-state index in [-0.39, 0.29) is 11.5 Å². The van der Waals surface area contributed by atoms with Crippen molar-refractivity contribution >= 4 is 28.0 Å². The Balaban J connectivity index is 2.29. The third kappa shape index (κ3) is 4.68. The molecule has 0 amide bonds. The number of benzene rings is 2. The molecule has 0 unspecified atom stereocenters. The topological polar surface area (TPSA) is 46.5 Å². The molecular formula is C15H9BrF2O3. The molecule has 2 aromatic carbocycles. The monoisotopic (exact) mass is 354 g/mol. The average molecular weight is 355 g/mol. The van der Waals surface area contributed by atoms with E-state index in [1.807, 2.05) is 0 Å². The van der Waals surface area contributed by atoms with Gasteiger partial charge in [0.1, 0.15) is 23.1 Å². The van der Waals surface area contributed by atoms with Crippen molar-refractivity contribution in [2.24, 2.45) is 0 Å². The summed E-state index contributed by atoms with van der Waals surface area (Å²) in [5, 5.41) is 8.55. The van der Waals surface area contributed by atoms with Crippen LogP contribution in [0.3, 0.4) is 0 Å². The lowest BCUT2D eigenvalue weighted by Crippen LogP contribution is -1.90. The van der Waals surface area contributed by atoms with E-state index in [9.17, 15) is 13.6 Å². The Hall–Kier alpha value is -2.21. The van der Waals surface area contributed by atoms with Gasteiger partial charge >= 0.3 is 5.97 Å². The Morgan fingerprint density at radius 1 is 1.05 bits per heavy atom. The van der Waals surface area contributed by atoms with Crippen molar-refractivity contribution in [3.8, 4) is 11.5 Å². The molecule has 0 aliphatic rings. The molecular weight excluding hydrogens is 346 g/mol. The molecule has 0 bridgehead atoms. The zero-order valence-corrected chi connectivity index (χ0v) is 12.1. The van der Waals surface area contributed by atoms with Crippen LogP contribution in [0.5, 0.6) is 11.5 Å². The number of carbonyl (C=O) groups is 1. The van der Waals surface area contributed by atoms with Gasteiger partial charge in [-0.05, 0) is 35.9 Å². The van der Waals surface area contributed by atoms with Crippen LogP contribution >= 0.6 is 15.9 Å². The third-order valence-electron chi connectivity index (χ3n) is 2.38. The molecule has 6 heteroatoms.